The number of anilines is 1. The van der Waals surface area contributed by atoms with Gasteiger partial charge in [-0.15, -0.1) is 0 Å². The minimum absolute atomic E-state index is 0.0467. The van der Waals surface area contributed by atoms with Gasteiger partial charge < -0.3 is 10.2 Å². The van der Waals surface area contributed by atoms with Crippen molar-refractivity contribution in [3.05, 3.63) is 130 Å². The molecule has 0 fully saturated rings. The smallest absolute Gasteiger partial charge is 0.264 e. The van der Waals surface area contributed by atoms with Gasteiger partial charge in [-0.3, -0.25) is 13.9 Å². The quantitative estimate of drug-likeness (QED) is 0.178. The molecule has 0 bridgehead atoms. The Morgan fingerprint density at radius 2 is 1.40 bits per heavy atom. The molecule has 7 nitrogen and oxygen atoms in total. The molecule has 4 aromatic carbocycles. The van der Waals surface area contributed by atoms with Crippen LogP contribution < -0.4 is 9.62 Å². The van der Waals surface area contributed by atoms with Gasteiger partial charge in [0.25, 0.3) is 10.0 Å². The van der Waals surface area contributed by atoms with Crippen LogP contribution in [0.2, 0.25) is 5.02 Å². The number of nitrogens with zero attached hydrogens (tertiary/aromatic N) is 2. The molecule has 9 heteroatoms. The van der Waals surface area contributed by atoms with Gasteiger partial charge in [0.2, 0.25) is 11.8 Å². The van der Waals surface area contributed by atoms with Crippen LogP contribution >= 0.6 is 11.6 Å². The highest BCUT2D eigenvalue weighted by Crippen LogP contribution is 2.31. The number of carbonyl (C=O) groups is 2. The van der Waals surface area contributed by atoms with E-state index >= 15 is 0 Å². The van der Waals surface area contributed by atoms with E-state index in [9.17, 15) is 18.0 Å². The first-order valence-electron chi connectivity index (χ1n) is 15.0. The van der Waals surface area contributed by atoms with Crippen molar-refractivity contribution in [2.45, 2.75) is 51.6 Å². The Kier molecular flexibility index (Phi) is 11.4. The van der Waals surface area contributed by atoms with Crippen molar-refractivity contribution in [2.75, 3.05) is 17.4 Å². The minimum Gasteiger partial charge on any atom is -0.354 e. The zero-order valence-electron chi connectivity index (χ0n) is 26.1. The van der Waals surface area contributed by atoms with Gasteiger partial charge in [-0.2, -0.15) is 0 Å². The molecule has 2 amide bonds. The lowest BCUT2D eigenvalue weighted by Gasteiger charge is -2.34. The Hall–Kier alpha value is -4.14. The maximum Gasteiger partial charge on any atom is 0.264 e. The summed E-state index contributed by atoms with van der Waals surface area (Å²) in [5.74, 6) is -0.621. The molecule has 0 saturated carbocycles. The lowest BCUT2D eigenvalue weighted by Crippen LogP contribution is -2.53. The third-order valence-electron chi connectivity index (χ3n) is 7.55. The standard InChI is InChI=1S/C36H40ClN3O4S/c1-26(2)23-38-36(42)34(22-29-12-7-5-8-13-29)39(24-30-14-9-6-10-15-30)35(41)25-40(33-17-11-16-32(37)28(33)4)45(43,44)31-20-18-27(3)19-21-31/h5-21,26,34H,22-25H2,1-4H3,(H,38,42)/t34-/m0/s1. The third-order valence-corrected chi connectivity index (χ3v) is 9.73. The maximum absolute atomic E-state index is 14.5. The molecule has 0 aliphatic carbocycles. The van der Waals surface area contributed by atoms with Crippen molar-refractivity contribution in [1.29, 1.82) is 0 Å². The van der Waals surface area contributed by atoms with E-state index in [-0.39, 0.29) is 29.7 Å². The molecule has 0 aliphatic rings. The van der Waals surface area contributed by atoms with E-state index in [1.807, 2.05) is 81.4 Å². The molecule has 0 spiro atoms. The fraction of sp³-hybridized carbons (Fsp3) is 0.278. The average molecular weight is 646 g/mol. The van der Waals surface area contributed by atoms with Crippen molar-refractivity contribution in [3.8, 4) is 0 Å². The molecular formula is C36H40ClN3O4S. The fourth-order valence-corrected chi connectivity index (χ4v) is 6.61. The first kappa shape index (κ1) is 33.7. The second kappa shape index (κ2) is 15.2. The van der Waals surface area contributed by atoms with Crippen LogP contribution in [0.1, 0.15) is 36.1 Å². The summed E-state index contributed by atoms with van der Waals surface area (Å²) in [4.78, 5) is 29.9. The van der Waals surface area contributed by atoms with Gasteiger partial charge in [0.1, 0.15) is 12.6 Å². The Morgan fingerprint density at radius 3 is 2.00 bits per heavy atom. The number of rotatable bonds is 13. The van der Waals surface area contributed by atoms with Gasteiger partial charge in [0.15, 0.2) is 0 Å². The average Bonchev–Trinajstić information content (AvgIpc) is 3.03. The van der Waals surface area contributed by atoms with E-state index in [1.54, 1.807) is 37.3 Å². The summed E-state index contributed by atoms with van der Waals surface area (Å²) in [6.07, 6.45) is 0.254. The maximum atomic E-state index is 14.5. The second-order valence-corrected chi connectivity index (χ2v) is 13.8. The van der Waals surface area contributed by atoms with E-state index in [1.165, 1.54) is 17.0 Å². The second-order valence-electron chi connectivity index (χ2n) is 11.6. The molecule has 236 valence electrons. The van der Waals surface area contributed by atoms with Gasteiger partial charge >= 0.3 is 0 Å². The van der Waals surface area contributed by atoms with E-state index in [2.05, 4.69) is 5.32 Å². The molecule has 4 rings (SSSR count). The first-order chi connectivity index (χ1) is 21.5. The summed E-state index contributed by atoms with van der Waals surface area (Å²) in [6, 6.07) is 29.4. The monoisotopic (exact) mass is 645 g/mol. The molecule has 0 aliphatic heterocycles. The highest BCUT2D eigenvalue weighted by molar-refractivity contribution is 7.92. The van der Waals surface area contributed by atoms with Crippen LogP contribution in [0, 0.1) is 19.8 Å². The number of amides is 2. The van der Waals surface area contributed by atoms with Crippen molar-refractivity contribution in [1.82, 2.24) is 10.2 Å². The largest absolute Gasteiger partial charge is 0.354 e. The number of aryl methyl sites for hydroxylation is 1. The summed E-state index contributed by atoms with van der Waals surface area (Å²) < 4.78 is 29.6. The van der Waals surface area contributed by atoms with Crippen molar-refractivity contribution in [3.63, 3.8) is 0 Å². The predicted molar refractivity (Wildman–Crippen MR) is 181 cm³/mol. The van der Waals surface area contributed by atoms with E-state index < -0.39 is 28.5 Å². The molecule has 0 saturated heterocycles. The Bertz CT molecular complexity index is 1700. The molecule has 0 radical (unpaired) electrons. The fourth-order valence-electron chi connectivity index (χ4n) is 4.97. The summed E-state index contributed by atoms with van der Waals surface area (Å²) >= 11 is 6.45. The zero-order valence-corrected chi connectivity index (χ0v) is 27.7. The Balaban J connectivity index is 1.81. The zero-order chi connectivity index (χ0) is 32.6. The number of sulfonamides is 1. The summed E-state index contributed by atoms with van der Waals surface area (Å²) in [5, 5.41) is 3.38. The Labute approximate surface area is 271 Å². The van der Waals surface area contributed by atoms with Crippen LogP contribution in [0.4, 0.5) is 5.69 Å². The van der Waals surface area contributed by atoms with Crippen LogP contribution in [-0.2, 0) is 32.6 Å². The molecule has 0 unspecified atom stereocenters. The molecule has 1 atom stereocenters. The first-order valence-corrected chi connectivity index (χ1v) is 16.8. The van der Waals surface area contributed by atoms with E-state index in [0.717, 1.165) is 21.0 Å². The Morgan fingerprint density at radius 1 is 0.800 bits per heavy atom. The van der Waals surface area contributed by atoms with Gasteiger partial charge in [0, 0.05) is 24.5 Å². The minimum atomic E-state index is -4.21. The highest BCUT2D eigenvalue weighted by atomic mass is 35.5. The normalized spacial score (nSPS) is 12.0. The van der Waals surface area contributed by atoms with Crippen LogP contribution in [0.25, 0.3) is 0 Å². The number of hydrogen-bond donors (Lipinski definition) is 1. The molecular weight excluding hydrogens is 606 g/mol. The van der Waals surface area contributed by atoms with Crippen molar-refractivity contribution >= 4 is 39.1 Å². The third kappa shape index (κ3) is 8.74. The van der Waals surface area contributed by atoms with Gasteiger partial charge in [-0.1, -0.05) is 110 Å². The van der Waals surface area contributed by atoms with Crippen molar-refractivity contribution in [2.24, 2.45) is 5.92 Å². The van der Waals surface area contributed by atoms with Crippen LogP contribution in [0.3, 0.4) is 0 Å². The highest BCUT2D eigenvalue weighted by Gasteiger charge is 2.35. The van der Waals surface area contributed by atoms with E-state index in [4.69, 9.17) is 11.6 Å². The number of halogens is 1. The van der Waals surface area contributed by atoms with Crippen molar-refractivity contribution < 1.29 is 18.0 Å². The summed E-state index contributed by atoms with van der Waals surface area (Å²) in [5.41, 5.74) is 3.41. The lowest BCUT2D eigenvalue weighted by atomic mass is 10.0. The summed E-state index contributed by atoms with van der Waals surface area (Å²) in [7, 11) is -4.21. The van der Waals surface area contributed by atoms with Gasteiger partial charge in [-0.25, -0.2) is 8.42 Å². The number of nitrogens with one attached hydrogen (secondary N) is 1. The molecule has 0 aromatic heterocycles. The summed E-state index contributed by atoms with van der Waals surface area (Å²) in [6.45, 7) is 7.61. The lowest BCUT2D eigenvalue weighted by molar-refractivity contribution is -0.140. The number of carbonyl (C=O) groups excluding carboxylic acids is 2. The molecule has 0 heterocycles. The SMILES string of the molecule is Cc1ccc(S(=O)(=O)N(CC(=O)N(Cc2ccccc2)[C@@H](Cc2ccccc2)C(=O)NCC(C)C)c2cccc(Cl)c2C)cc1. The van der Waals surface area contributed by atoms with E-state index in [0.29, 0.717) is 22.8 Å². The van der Waals surface area contributed by atoms with Crippen LogP contribution in [0.5, 0.6) is 0 Å². The number of benzene rings is 4. The molecule has 1 N–H and O–H groups in total. The molecule has 4 aromatic rings. The van der Waals surface area contributed by atoms with Gasteiger partial charge in [-0.05, 0) is 60.7 Å². The van der Waals surface area contributed by atoms with Crippen LogP contribution in [-0.4, -0.2) is 44.3 Å². The molecule has 45 heavy (non-hydrogen) atoms. The topological polar surface area (TPSA) is 86.8 Å². The number of hydrogen-bond acceptors (Lipinski definition) is 4. The van der Waals surface area contributed by atoms with Crippen LogP contribution in [0.15, 0.2) is 108 Å². The predicted octanol–water partition coefficient (Wildman–Crippen LogP) is 6.56. The van der Waals surface area contributed by atoms with Gasteiger partial charge in [0.05, 0.1) is 10.6 Å².